The first-order valence-electron chi connectivity index (χ1n) is 10.4. The normalized spacial score (nSPS) is 15.2. The Morgan fingerprint density at radius 1 is 1.09 bits per heavy atom. The smallest absolute Gasteiger partial charge is 0.278 e. The molecule has 0 bridgehead atoms. The van der Waals surface area contributed by atoms with Gasteiger partial charge in [0, 0.05) is 34.8 Å². The van der Waals surface area contributed by atoms with Crippen LogP contribution in [-0.4, -0.2) is 50.9 Å². The predicted molar refractivity (Wildman–Crippen MR) is 117 cm³/mol. The van der Waals surface area contributed by atoms with Crippen LogP contribution in [0.25, 0.3) is 22.0 Å². The molecule has 1 fully saturated rings. The Balaban J connectivity index is 1.34. The lowest BCUT2D eigenvalue weighted by atomic mass is 9.97. The lowest BCUT2D eigenvalue weighted by Gasteiger charge is -2.26. The second-order valence-electron chi connectivity index (χ2n) is 7.98. The summed E-state index contributed by atoms with van der Waals surface area (Å²) in [6, 6.07) is 4.96. The van der Waals surface area contributed by atoms with Crippen LogP contribution in [0.3, 0.4) is 0 Å². The molecule has 9 heteroatoms. The van der Waals surface area contributed by atoms with Crippen LogP contribution in [0.1, 0.15) is 35.1 Å². The van der Waals surface area contributed by atoms with Gasteiger partial charge < -0.3 is 14.6 Å². The van der Waals surface area contributed by atoms with E-state index in [1.165, 1.54) is 12.3 Å². The summed E-state index contributed by atoms with van der Waals surface area (Å²) in [5.41, 5.74) is 2.21. The third kappa shape index (κ3) is 4.19. The summed E-state index contributed by atoms with van der Waals surface area (Å²) >= 11 is 0. The summed E-state index contributed by atoms with van der Waals surface area (Å²) in [4.78, 5) is 31.9. The molecule has 5 rings (SSSR count). The molecule has 4 aromatic heterocycles. The Hall–Kier alpha value is -3.72. The van der Waals surface area contributed by atoms with Gasteiger partial charge in [0.25, 0.3) is 5.91 Å². The summed E-state index contributed by atoms with van der Waals surface area (Å²) in [6.45, 7) is 1.97. The van der Waals surface area contributed by atoms with Gasteiger partial charge >= 0.3 is 0 Å². The van der Waals surface area contributed by atoms with Crippen LogP contribution in [0.5, 0.6) is 0 Å². The number of halogens is 1. The van der Waals surface area contributed by atoms with Gasteiger partial charge in [0.15, 0.2) is 11.6 Å². The number of piperidine rings is 1. The minimum atomic E-state index is -0.419. The van der Waals surface area contributed by atoms with Crippen LogP contribution in [0, 0.1) is 5.82 Å². The molecule has 8 nitrogen and oxygen atoms in total. The Bertz CT molecular complexity index is 1280. The molecule has 0 spiro atoms. The Kier molecular flexibility index (Phi) is 5.32. The van der Waals surface area contributed by atoms with Crippen LogP contribution in [0.4, 0.5) is 10.2 Å². The molecule has 0 saturated carbocycles. The summed E-state index contributed by atoms with van der Waals surface area (Å²) in [5.74, 6) is 0.388. The van der Waals surface area contributed by atoms with Crippen molar-refractivity contribution < 1.29 is 13.6 Å². The number of carbonyl (C=O) groups is 1. The first-order chi connectivity index (χ1) is 15.5. The fourth-order valence-corrected chi connectivity index (χ4v) is 3.84. The molecule has 32 heavy (non-hydrogen) atoms. The van der Waals surface area contributed by atoms with Crippen molar-refractivity contribution in [3.63, 3.8) is 0 Å². The standard InChI is InChI=1S/C23H21FN6O2/c1-30-4-2-14(3-5-30)23-28-20(13-32-23)22(31)29-21-8-15-6-16(10-26-19(15)12-27-21)17-7-18(24)11-25-9-17/h6-14H,2-5H2,1H3,(H,27,29,31). The van der Waals surface area contributed by atoms with Gasteiger partial charge in [-0.05, 0) is 51.2 Å². The van der Waals surface area contributed by atoms with Crippen molar-refractivity contribution in [2.24, 2.45) is 0 Å². The Labute approximate surface area is 183 Å². The number of aromatic nitrogens is 4. The maximum atomic E-state index is 13.5. The average Bonchev–Trinajstić information content (AvgIpc) is 3.30. The molecule has 1 saturated heterocycles. The molecule has 0 unspecified atom stereocenters. The molecule has 1 aliphatic rings. The number of fused-ring (bicyclic) bond motifs is 1. The lowest BCUT2D eigenvalue weighted by molar-refractivity contribution is 0.102. The zero-order valence-electron chi connectivity index (χ0n) is 17.5. The molecule has 0 aliphatic carbocycles. The van der Waals surface area contributed by atoms with E-state index < -0.39 is 11.7 Å². The number of anilines is 1. The number of oxazole rings is 1. The monoisotopic (exact) mass is 432 g/mol. The van der Waals surface area contributed by atoms with Crippen LogP contribution >= 0.6 is 0 Å². The number of hydrogen-bond donors (Lipinski definition) is 1. The number of nitrogens with one attached hydrogen (secondary N) is 1. The Morgan fingerprint density at radius 2 is 1.91 bits per heavy atom. The second kappa shape index (κ2) is 8.43. The van der Waals surface area contributed by atoms with E-state index in [2.05, 4.69) is 37.2 Å². The van der Waals surface area contributed by atoms with E-state index in [0.717, 1.165) is 37.5 Å². The van der Waals surface area contributed by atoms with Crippen molar-refractivity contribution in [1.29, 1.82) is 0 Å². The minimum Gasteiger partial charge on any atom is -0.448 e. The predicted octanol–water partition coefficient (Wildman–Crippen LogP) is 3.88. The maximum absolute atomic E-state index is 13.5. The molecular formula is C23H21FN6O2. The molecule has 4 aromatic rings. The second-order valence-corrected chi connectivity index (χ2v) is 7.98. The third-order valence-electron chi connectivity index (χ3n) is 5.67. The largest absolute Gasteiger partial charge is 0.448 e. The van der Waals surface area contributed by atoms with Crippen molar-refractivity contribution in [2.45, 2.75) is 18.8 Å². The molecule has 162 valence electrons. The topological polar surface area (TPSA) is 97.0 Å². The van der Waals surface area contributed by atoms with E-state index in [0.29, 0.717) is 28.4 Å². The van der Waals surface area contributed by atoms with Crippen LogP contribution in [-0.2, 0) is 0 Å². The van der Waals surface area contributed by atoms with Gasteiger partial charge in [-0.25, -0.2) is 14.4 Å². The molecule has 0 atom stereocenters. The first kappa shape index (κ1) is 20.2. The molecule has 1 aliphatic heterocycles. The SMILES string of the molecule is CN1CCC(c2nc(C(=O)Nc3cc4cc(-c5cncc(F)c5)cnc4cn3)co2)CC1. The van der Waals surface area contributed by atoms with Gasteiger partial charge in [0.1, 0.15) is 17.9 Å². The highest BCUT2D eigenvalue weighted by atomic mass is 19.1. The lowest BCUT2D eigenvalue weighted by Crippen LogP contribution is -2.29. The van der Waals surface area contributed by atoms with Crippen molar-refractivity contribution in [1.82, 2.24) is 24.8 Å². The fourth-order valence-electron chi connectivity index (χ4n) is 3.84. The maximum Gasteiger partial charge on any atom is 0.278 e. The van der Waals surface area contributed by atoms with Crippen LogP contribution in [0.2, 0.25) is 0 Å². The van der Waals surface area contributed by atoms with Gasteiger partial charge in [0.05, 0.1) is 17.9 Å². The number of carbonyl (C=O) groups excluding carboxylic acids is 1. The number of pyridine rings is 3. The van der Waals surface area contributed by atoms with Crippen LogP contribution < -0.4 is 5.32 Å². The molecule has 0 aromatic carbocycles. The first-order valence-corrected chi connectivity index (χ1v) is 10.4. The minimum absolute atomic E-state index is 0.221. The van der Waals surface area contributed by atoms with Gasteiger partial charge in [-0.3, -0.25) is 14.8 Å². The van der Waals surface area contributed by atoms with Crippen molar-refractivity contribution in [3.8, 4) is 11.1 Å². The molecule has 0 radical (unpaired) electrons. The van der Waals surface area contributed by atoms with E-state index in [1.807, 2.05) is 6.07 Å². The van der Waals surface area contributed by atoms with E-state index >= 15 is 0 Å². The quantitative estimate of drug-likeness (QED) is 0.523. The molecule has 1 amide bonds. The van der Waals surface area contributed by atoms with Crippen molar-refractivity contribution in [3.05, 3.63) is 66.7 Å². The summed E-state index contributed by atoms with van der Waals surface area (Å²) in [6.07, 6.45) is 9.24. The van der Waals surface area contributed by atoms with Crippen molar-refractivity contribution in [2.75, 3.05) is 25.5 Å². The summed E-state index contributed by atoms with van der Waals surface area (Å²) in [7, 11) is 2.09. The van der Waals surface area contributed by atoms with E-state index in [9.17, 15) is 9.18 Å². The van der Waals surface area contributed by atoms with Gasteiger partial charge in [-0.2, -0.15) is 0 Å². The number of nitrogens with zero attached hydrogens (tertiary/aromatic N) is 5. The molecular weight excluding hydrogens is 411 g/mol. The highest BCUT2D eigenvalue weighted by Crippen LogP contribution is 2.27. The average molecular weight is 432 g/mol. The van der Waals surface area contributed by atoms with Gasteiger partial charge in [0.2, 0.25) is 0 Å². The molecule has 5 heterocycles. The van der Waals surface area contributed by atoms with Crippen molar-refractivity contribution >= 4 is 22.6 Å². The Morgan fingerprint density at radius 3 is 2.72 bits per heavy atom. The fraction of sp³-hybridized carbons (Fsp3) is 0.261. The third-order valence-corrected chi connectivity index (χ3v) is 5.67. The summed E-state index contributed by atoms with van der Waals surface area (Å²) < 4.78 is 19.1. The number of amides is 1. The number of rotatable bonds is 4. The summed E-state index contributed by atoms with van der Waals surface area (Å²) in [5, 5.41) is 3.52. The van der Waals surface area contributed by atoms with E-state index in [1.54, 1.807) is 24.7 Å². The molecule has 1 N–H and O–H groups in total. The number of likely N-dealkylation sites (tertiary alicyclic amines) is 1. The van der Waals surface area contributed by atoms with Gasteiger partial charge in [-0.1, -0.05) is 0 Å². The highest BCUT2D eigenvalue weighted by Gasteiger charge is 2.24. The zero-order valence-corrected chi connectivity index (χ0v) is 17.5. The number of hydrogen-bond acceptors (Lipinski definition) is 7. The van der Waals surface area contributed by atoms with E-state index in [4.69, 9.17) is 4.42 Å². The zero-order chi connectivity index (χ0) is 22.1. The van der Waals surface area contributed by atoms with E-state index in [-0.39, 0.29) is 11.6 Å². The highest BCUT2D eigenvalue weighted by molar-refractivity contribution is 6.03. The van der Waals surface area contributed by atoms with Crippen LogP contribution in [0.15, 0.2) is 53.7 Å². The van der Waals surface area contributed by atoms with Gasteiger partial charge in [-0.15, -0.1) is 0 Å².